The Hall–Kier alpha value is -2.80. The monoisotopic (exact) mass is 426 g/mol. The van der Waals surface area contributed by atoms with Crippen LogP contribution in [-0.4, -0.2) is 48.6 Å². The van der Waals surface area contributed by atoms with Gasteiger partial charge in [-0.1, -0.05) is 20.8 Å². The summed E-state index contributed by atoms with van der Waals surface area (Å²) >= 11 is 0. The average Bonchev–Trinajstić information content (AvgIpc) is 3.22. The number of nitrogens with zero attached hydrogens (tertiary/aromatic N) is 2. The molecule has 1 fully saturated rings. The topological polar surface area (TPSA) is 81.0 Å². The molecule has 7 heteroatoms. The maximum absolute atomic E-state index is 12.3. The first-order valence-corrected chi connectivity index (χ1v) is 11.0. The minimum absolute atomic E-state index is 0.180. The Balaban J connectivity index is 0.000000535. The summed E-state index contributed by atoms with van der Waals surface area (Å²) in [6.07, 6.45) is 3.15. The Bertz CT molecular complexity index is 1050. The van der Waals surface area contributed by atoms with Crippen molar-refractivity contribution >= 4 is 11.7 Å². The Morgan fingerprint density at radius 3 is 2.42 bits per heavy atom. The lowest BCUT2D eigenvalue weighted by molar-refractivity contribution is 0.0694. The molecule has 0 bridgehead atoms. The molecule has 0 atom stereocenters. The number of ether oxygens (including phenoxy) is 2. The summed E-state index contributed by atoms with van der Waals surface area (Å²) in [7, 11) is 0. The Kier molecular flexibility index (Phi) is 6.05. The summed E-state index contributed by atoms with van der Waals surface area (Å²) in [5, 5.41) is 9.26. The largest absolute Gasteiger partial charge is 0.491 e. The maximum Gasteiger partial charge on any atom is 0.341 e. The second-order valence-electron chi connectivity index (χ2n) is 8.84. The minimum atomic E-state index is -1.18. The number of pyridine rings is 1. The van der Waals surface area contributed by atoms with Gasteiger partial charge in [0.2, 0.25) is 0 Å². The van der Waals surface area contributed by atoms with Gasteiger partial charge in [0.1, 0.15) is 11.3 Å². The molecule has 1 aromatic carbocycles. The van der Waals surface area contributed by atoms with Crippen molar-refractivity contribution in [1.29, 1.82) is 0 Å². The summed E-state index contributed by atoms with van der Waals surface area (Å²) in [6, 6.07) is 3.57. The van der Waals surface area contributed by atoms with Crippen molar-refractivity contribution in [3.8, 4) is 17.0 Å². The lowest BCUT2D eigenvalue weighted by atomic mass is 9.90. The molecule has 1 N–H and O–H groups in total. The molecular weight excluding hydrogens is 396 g/mol. The van der Waals surface area contributed by atoms with E-state index in [0.717, 1.165) is 54.5 Å². The number of hydrogen-bond donors (Lipinski definition) is 1. The highest BCUT2D eigenvalue weighted by Gasteiger charge is 2.30. The number of aromatic nitrogens is 1. The molecule has 31 heavy (non-hydrogen) atoms. The van der Waals surface area contributed by atoms with Crippen LogP contribution >= 0.6 is 0 Å². The second kappa shape index (κ2) is 8.75. The van der Waals surface area contributed by atoms with Gasteiger partial charge < -0.3 is 24.0 Å². The highest BCUT2D eigenvalue weighted by molar-refractivity contribution is 5.88. The summed E-state index contributed by atoms with van der Waals surface area (Å²) in [4.78, 5) is 25.9. The number of carboxylic acid groups (broad SMARTS) is 1. The van der Waals surface area contributed by atoms with Crippen LogP contribution in [0.3, 0.4) is 0 Å². The molecule has 0 amide bonds. The van der Waals surface area contributed by atoms with Crippen LogP contribution in [0.25, 0.3) is 11.3 Å². The molecule has 1 saturated heterocycles. The number of morpholine rings is 1. The molecule has 0 spiro atoms. The number of carboxylic acids is 1. The van der Waals surface area contributed by atoms with Crippen molar-refractivity contribution in [2.75, 3.05) is 37.8 Å². The summed E-state index contributed by atoms with van der Waals surface area (Å²) < 4.78 is 13.3. The molecule has 0 saturated carbocycles. The third-order valence-electron chi connectivity index (χ3n) is 5.66. The number of carbonyl (C=O) groups is 1. The highest BCUT2D eigenvalue weighted by atomic mass is 16.5. The molecule has 7 nitrogen and oxygen atoms in total. The Morgan fingerprint density at radius 1 is 1.03 bits per heavy atom. The standard InChI is InChI=1S/C20H20N2O5.C4H10/c23-18-10-16-14-9-17(21-4-7-26-8-5-21)19-13(2-6-27-19)12(14)1-3-22(16)11-15(18)20(24)25;1-4(2)3/h9-11H,1-8H2,(H,24,25);4H,1-3H3. The molecule has 0 radical (unpaired) electrons. The molecular formula is C24H30N2O5. The first-order chi connectivity index (χ1) is 14.9. The van der Waals surface area contributed by atoms with Crippen LogP contribution in [-0.2, 0) is 24.1 Å². The molecule has 4 heterocycles. The van der Waals surface area contributed by atoms with Crippen molar-refractivity contribution in [3.05, 3.63) is 45.2 Å². The van der Waals surface area contributed by atoms with Crippen molar-refractivity contribution in [3.63, 3.8) is 0 Å². The lowest BCUT2D eigenvalue weighted by Gasteiger charge is -2.32. The number of fused-ring (bicyclic) bond motifs is 5. The third kappa shape index (κ3) is 4.19. The van der Waals surface area contributed by atoms with Crippen LogP contribution in [0.2, 0.25) is 0 Å². The maximum atomic E-state index is 12.3. The molecule has 2 aromatic rings. The van der Waals surface area contributed by atoms with Crippen LogP contribution in [0.1, 0.15) is 42.3 Å². The quantitative estimate of drug-likeness (QED) is 0.794. The van der Waals surface area contributed by atoms with Crippen LogP contribution in [0.5, 0.6) is 5.75 Å². The van der Waals surface area contributed by atoms with Gasteiger partial charge in [-0.15, -0.1) is 0 Å². The van der Waals surface area contributed by atoms with Gasteiger partial charge in [0.05, 0.1) is 31.2 Å². The number of benzene rings is 1. The van der Waals surface area contributed by atoms with Crippen molar-refractivity contribution < 1.29 is 19.4 Å². The third-order valence-corrected chi connectivity index (χ3v) is 5.66. The Labute approximate surface area is 182 Å². The van der Waals surface area contributed by atoms with Crippen LogP contribution in [0.4, 0.5) is 5.69 Å². The smallest absolute Gasteiger partial charge is 0.341 e. The summed E-state index contributed by atoms with van der Waals surface area (Å²) in [5.41, 5.74) is 4.67. The zero-order chi connectivity index (χ0) is 22.1. The van der Waals surface area contributed by atoms with Gasteiger partial charge in [0.15, 0.2) is 5.43 Å². The lowest BCUT2D eigenvalue weighted by Crippen LogP contribution is -2.36. The minimum Gasteiger partial charge on any atom is -0.491 e. The molecule has 3 aliphatic heterocycles. The predicted octanol–water partition coefficient (Wildman–Crippen LogP) is 3.20. The number of aromatic carboxylic acids is 1. The predicted molar refractivity (Wildman–Crippen MR) is 120 cm³/mol. The van der Waals surface area contributed by atoms with Crippen molar-refractivity contribution in [1.82, 2.24) is 4.57 Å². The molecule has 0 aliphatic carbocycles. The average molecular weight is 427 g/mol. The van der Waals surface area contributed by atoms with Crippen LogP contribution < -0.4 is 15.1 Å². The first kappa shape index (κ1) is 21.4. The normalized spacial score (nSPS) is 16.6. The van der Waals surface area contributed by atoms with Crippen LogP contribution in [0.15, 0.2) is 23.1 Å². The molecule has 166 valence electrons. The first-order valence-electron chi connectivity index (χ1n) is 11.0. The summed E-state index contributed by atoms with van der Waals surface area (Å²) in [6.45, 7) is 10.8. The van der Waals surface area contributed by atoms with E-state index < -0.39 is 11.4 Å². The van der Waals surface area contributed by atoms with E-state index in [0.29, 0.717) is 26.4 Å². The molecule has 0 unspecified atom stereocenters. The van der Waals surface area contributed by atoms with Gasteiger partial charge in [-0.05, 0) is 24.0 Å². The van der Waals surface area contributed by atoms with E-state index >= 15 is 0 Å². The van der Waals surface area contributed by atoms with Crippen LogP contribution in [0, 0.1) is 5.92 Å². The van der Waals surface area contributed by atoms with E-state index in [9.17, 15) is 14.7 Å². The van der Waals surface area contributed by atoms with Gasteiger partial charge in [-0.3, -0.25) is 4.79 Å². The molecule has 1 aromatic heterocycles. The van der Waals surface area contributed by atoms with E-state index in [-0.39, 0.29) is 5.56 Å². The SMILES string of the molecule is CC(C)C.O=C(O)c1cn2c(cc1=O)-c1cc(N3CCOCC3)c3c(c1CC2)CCO3. The number of rotatable bonds is 2. The van der Waals surface area contributed by atoms with Gasteiger partial charge in [-0.25, -0.2) is 4.79 Å². The van der Waals surface area contributed by atoms with E-state index in [1.807, 2.05) is 4.57 Å². The van der Waals surface area contributed by atoms with E-state index in [2.05, 4.69) is 31.7 Å². The zero-order valence-corrected chi connectivity index (χ0v) is 18.4. The second-order valence-corrected chi connectivity index (χ2v) is 8.84. The number of aryl methyl sites for hydroxylation is 1. The molecule has 5 rings (SSSR count). The molecule has 3 aliphatic rings. The van der Waals surface area contributed by atoms with Gasteiger partial charge in [0.25, 0.3) is 0 Å². The Morgan fingerprint density at radius 2 is 1.74 bits per heavy atom. The van der Waals surface area contributed by atoms with Gasteiger partial charge in [-0.2, -0.15) is 0 Å². The summed E-state index contributed by atoms with van der Waals surface area (Å²) in [5.74, 6) is 0.617. The fraction of sp³-hybridized carbons (Fsp3) is 0.500. The fourth-order valence-electron chi connectivity index (χ4n) is 4.36. The van der Waals surface area contributed by atoms with Crippen molar-refractivity contribution in [2.24, 2.45) is 5.92 Å². The van der Waals surface area contributed by atoms with E-state index in [1.54, 1.807) is 0 Å². The van der Waals surface area contributed by atoms with E-state index in [1.165, 1.54) is 23.4 Å². The van der Waals surface area contributed by atoms with Crippen molar-refractivity contribution in [2.45, 2.75) is 40.2 Å². The van der Waals surface area contributed by atoms with Gasteiger partial charge >= 0.3 is 5.97 Å². The fourth-order valence-corrected chi connectivity index (χ4v) is 4.36. The van der Waals surface area contributed by atoms with Gasteiger partial charge in [0, 0.05) is 49.4 Å². The highest BCUT2D eigenvalue weighted by Crippen LogP contribution is 2.45. The number of anilines is 1. The van der Waals surface area contributed by atoms with E-state index in [4.69, 9.17) is 9.47 Å². The zero-order valence-electron chi connectivity index (χ0n) is 18.4. The number of hydrogen-bond acceptors (Lipinski definition) is 5.